The minimum Gasteiger partial charge on any atom is -0.454 e. The van der Waals surface area contributed by atoms with E-state index < -0.39 is 0 Å². The second-order valence-electron chi connectivity index (χ2n) is 5.25. The van der Waals surface area contributed by atoms with E-state index >= 15 is 0 Å². The highest BCUT2D eigenvalue weighted by Crippen LogP contribution is 2.32. The van der Waals surface area contributed by atoms with Gasteiger partial charge in [-0.05, 0) is 35.9 Å². The van der Waals surface area contributed by atoms with Crippen molar-refractivity contribution in [2.45, 2.75) is 6.54 Å². The van der Waals surface area contributed by atoms with Crippen molar-refractivity contribution >= 4 is 16.8 Å². The summed E-state index contributed by atoms with van der Waals surface area (Å²) >= 11 is 0. The molecule has 4 rings (SSSR count). The fourth-order valence-electron chi connectivity index (χ4n) is 2.63. The smallest absolute Gasteiger partial charge is 0.252 e. The number of rotatable bonds is 3. The van der Waals surface area contributed by atoms with Crippen molar-refractivity contribution in [3.8, 4) is 11.5 Å². The first-order valence-corrected chi connectivity index (χ1v) is 7.32. The van der Waals surface area contributed by atoms with Crippen molar-refractivity contribution in [1.82, 2.24) is 10.3 Å². The van der Waals surface area contributed by atoms with Crippen molar-refractivity contribution in [3.63, 3.8) is 0 Å². The Bertz CT molecular complexity index is 887. The number of nitrogens with zero attached hydrogens (tertiary/aromatic N) is 1. The van der Waals surface area contributed by atoms with Gasteiger partial charge in [0.25, 0.3) is 5.91 Å². The largest absolute Gasteiger partial charge is 0.454 e. The van der Waals surface area contributed by atoms with Gasteiger partial charge in [0.15, 0.2) is 11.5 Å². The highest BCUT2D eigenvalue weighted by atomic mass is 16.7. The van der Waals surface area contributed by atoms with E-state index in [9.17, 15) is 4.79 Å². The summed E-state index contributed by atoms with van der Waals surface area (Å²) in [6, 6.07) is 14.9. The highest BCUT2D eigenvalue weighted by Gasteiger charge is 2.14. The van der Waals surface area contributed by atoms with Crippen LogP contribution in [-0.2, 0) is 6.54 Å². The van der Waals surface area contributed by atoms with Crippen molar-refractivity contribution in [1.29, 1.82) is 0 Å². The van der Waals surface area contributed by atoms with Gasteiger partial charge in [-0.15, -0.1) is 0 Å². The van der Waals surface area contributed by atoms with Gasteiger partial charge in [-0.3, -0.25) is 9.78 Å². The number of pyridine rings is 1. The summed E-state index contributed by atoms with van der Waals surface area (Å²) in [5.41, 5.74) is 2.39. The van der Waals surface area contributed by atoms with Gasteiger partial charge in [0.05, 0.1) is 5.52 Å². The number of carbonyl (C=O) groups is 1. The average molecular weight is 306 g/mol. The number of aromatic nitrogens is 1. The predicted molar refractivity (Wildman–Crippen MR) is 85.5 cm³/mol. The van der Waals surface area contributed by atoms with Crippen LogP contribution in [0.1, 0.15) is 15.9 Å². The maximum Gasteiger partial charge on any atom is 0.252 e. The molecule has 0 spiro atoms. The molecule has 114 valence electrons. The second-order valence-corrected chi connectivity index (χ2v) is 5.25. The Morgan fingerprint density at radius 2 is 2.00 bits per heavy atom. The van der Waals surface area contributed by atoms with Gasteiger partial charge in [-0.25, -0.2) is 0 Å². The molecule has 2 aromatic carbocycles. The minimum absolute atomic E-state index is 0.124. The summed E-state index contributed by atoms with van der Waals surface area (Å²) in [5.74, 6) is 1.33. The molecule has 0 saturated heterocycles. The van der Waals surface area contributed by atoms with Crippen LogP contribution >= 0.6 is 0 Å². The van der Waals surface area contributed by atoms with Gasteiger partial charge in [-0.1, -0.05) is 18.2 Å². The molecule has 0 aliphatic carbocycles. The van der Waals surface area contributed by atoms with Crippen molar-refractivity contribution in [3.05, 3.63) is 65.9 Å². The number of benzene rings is 2. The van der Waals surface area contributed by atoms with E-state index in [-0.39, 0.29) is 12.7 Å². The molecule has 1 aliphatic rings. The fourth-order valence-corrected chi connectivity index (χ4v) is 2.63. The number of nitrogens with one attached hydrogen (secondary N) is 1. The number of fused-ring (bicyclic) bond motifs is 2. The molecule has 0 bridgehead atoms. The van der Waals surface area contributed by atoms with Gasteiger partial charge in [0.2, 0.25) is 6.79 Å². The molecule has 0 atom stereocenters. The number of hydrogen-bond acceptors (Lipinski definition) is 4. The molecule has 1 N–H and O–H groups in total. The predicted octanol–water partition coefficient (Wildman–Crippen LogP) is 2.89. The summed E-state index contributed by atoms with van der Waals surface area (Å²) in [6.45, 7) is 0.667. The second kappa shape index (κ2) is 5.61. The van der Waals surface area contributed by atoms with Crippen LogP contribution in [0.25, 0.3) is 10.9 Å². The van der Waals surface area contributed by atoms with E-state index in [2.05, 4.69) is 10.3 Å². The third-order valence-electron chi connectivity index (χ3n) is 3.78. The molecule has 23 heavy (non-hydrogen) atoms. The molecule has 5 nitrogen and oxygen atoms in total. The fraction of sp³-hybridized carbons (Fsp3) is 0.111. The molecule has 3 aromatic rings. The summed E-state index contributed by atoms with van der Waals surface area (Å²) in [5, 5.41) is 3.78. The van der Waals surface area contributed by atoms with E-state index in [1.54, 1.807) is 12.3 Å². The standard InChI is InChI=1S/C18H14N2O3/c21-18(14-3-1-5-15-13(14)4-2-8-19-15)20-10-12-6-7-16-17(9-12)23-11-22-16/h1-9H,10-11H2,(H,20,21). The molecule has 1 aliphatic heterocycles. The average Bonchev–Trinajstić information content (AvgIpc) is 3.07. The molecule has 1 amide bonds. The lowest BCUT2D eigenvalue weighted by molar-refractivity contribution is 0.0952. The van der Waals surface area contributed by atoms with E-state index in [1.165, 1.54) is 0 Å². The molecule has 0 radical (unpaired) electrons. The van der Waals surface area contributed by atoms with Gasteiger partial charge in [0.1, 0.15) is 0 Å². The van der Waals surface area contributed by atoms with Crippen LogP contribution in [0.5, 0.6) is 11.5 Å². The zero-order valence-electron chi connectivity index (χ0n) is 12.3. The molecular formula is C18H14N2O3. The Morgan fingerprint density at radius 3 is 2.96 bits per heavy atom. The monoisotopic (exact) mass is 306 g/mol. The topological polar surface area (TPSA) is 60.5 Å². The van der Waals surface area contributed by atoms with Gasteiger partial charge in [0, 0.05) is 23.7 Å². The zero-order chi connectivity index (χ0) is 15.6. The molecule has 0 unspecified atom stereocenters. The lowest BCUT2D eigenvalue weighted by atomic mass is 10.1. The number of carbonyl (C=O) groups excluding carboxylic acids is 1. The Hall–Kier alpha value is -3.08. The van der Waals surface area contributed by atoms with E-state index in [1.807, 2.05) is 42.5 Å². The van der Waals surface area contributed by atoms with Gasteiger partial charge < -0.3 is 14.8 Å². The normalized spacial score (nSPS) is 12.3. The summed E-state index contributed by atoms with van der Waals surface area (Å²) < 4.78 is 10.6. The zero-order valence-corrected chi connectivity index (χ0v) is 12.3. The van der Waals surface area contributed by atoms with Gasteiger partial charge in [-0.2, -0.15) is 0 Å². The van der Waals surface area contributed by atoms with Crippen LogP contribution in [-0.4, -0.2) is 17.7 Å². The van der Waals surface area contributed by atoms with Crippen LogP contribution in [0.3, 0.4) is 0 Å². The summed E-state index contributed by atoms with van der Waals surface area (Å²) in [6.07, 6.45) is 1.72. The first kappa shape index (κ1) is 13.6. The van der Waals surface area contributed by atoms with Crippen LogP contribution in [0.4, 0.5) is 0 Å². The Labute approximate surface area is 132 Å². The number of hydrogen-bond donors (Lipinski definition) is 1. The van der Waals surface area contributed by atoms with Gasteiger partial charge >= 0.3 is 0 Å². The summed E-state index contributed by atoms with van der Waals surface area (Å²) in [4.78, 5) is 16.7. The minimum atomic E-state index is -0.124. The van der Waals surface area contributed by atoms with Crippen LogP contribution in [0, 0.1) is 0 Å². The first-order chi connectivity index (χ1) is 11.3. The Morgan fingerprint density at radius 1 is 1.09 bits per heavy atom. The van der Waals surface area contributed by atoms with E-state index in [0.717, 1.165) is 22.2 Å². The van der Waals surface area contributed by atoms with E-state index in [0.29, 0.717) is 17.9 Å². The number of amides is 1. The Balaban J connectivity index is 1.53. The third kappa shape index (κ3) is 2.57. The van der Waals surface area contributed by atoms with Crippen LogP contribution in [0.2, 0.25) is 0 Å². The molecule has 0 saturated carbocycles. The maximum atomic E-state index is 12.5. The molecule has 0 fully saturated rings. The van der Waals surface area contributed by atoms with Crippen molar-refractivity contribution in [2.75, 3.05) is 6.79 Å². The first-order valence-electron chi connectivity index (χ1n) is 7.32. The summed E-state index contributed by atoms with van der Waals surface area (Å²) in [7, 11) is 0. The maximum absolute atomic E-state index is 12.5. The van der Waals surface area contributed by atoms with Crippen molar-refractivity contribution in [2.24, 2.45) is 0 Å². The lowest BCUT2D eigenvalue weighted by Gasteiger charge is -2.08. The third-order valence-corrected chi connectivity index (χ3v) is 3.78. The highest BCUT2D eigenvalue weighted by molar-refractivity contribution is 6.06. The quantitative estimate of drug-likeness (QED) is 0.808. The molecule has 1 aromatic heterocycles. The lowest BCUT2D eigenvalue weighted by Crippen LogP contribution is -2.23. The Kier molecular flexibility index (Phi) is 3.31. The van der Waals surface area contributed by atoms with Crippen molar-refractivity contribution < 1.29 is 14.3 Å². The van der Waals surface area contributed by atoms with E-state index in [4.69, 9.17) is 9.47 Å². The molecular weight excluding hydrogens is 292 g/mol. The van der Waals surface area contributed by atoms with Crippen LogP contribution in [0.15, 0.2) is 54.7 Å². The SMILES string of the molecule is O=C(NCc1ccc2c(c1)OCO2)c1cccc2ncccc12. The van der Waals surface area contributed by atoms with Crippen LogP contribution < -0.4 is 14.8 Å². The number of ether oxygens (including phenoxy) is 2. The molecule has 5 heteroatoms. The molecule has 2 heterocycles.